The summed E-state index contributed by atoms with van der Waals surface area (Å²) in [6.45, 7) is 0. The smallest absolute Gasteiger partial charge is 0.193 e. The molecular formula is C12H16ClN3O. The largest absolute Gasteiger partial charge is 0.495 e. The van der Waals surface area contributed by atoms with E-state index in [4.69, 9.17) is 22.1 Å². The average molecular weight is 254 g/mol. The minimum Gasteiger partial charge on any atom is -0.495 e. The Kier molecular flexibility index (Phi) is 3.74. The maximum Gasteiger partial charge on any atom is 0.193 e. The van der Waals surface area contributed by atoms with Crippen molar-refractivity contribution in [3.8, 4) is 5.75 Å². The van der Waals surface area contributed by atoms with Crippen LogP contribution in [0.3, 0.4) is 0 Å². The van der Waals surface area contributed by atoms with Crippen LogP contribution in [0.1, 0.15) is 19.3 Å². The van der Waals surface area contributed by atoms with E-state index in [1.807, 2.05) is 6.07 Å². The zero-order valence-corrected chi connectivity index (χ0v) is 10.5. The molecule has 0 spiro atoms. The number of anilines is 1. The zero-order valence-electron chi connectivity index (χ0n) is 9.74. The number of methoxy groups -OCH3 is 1. The molecule has 5 heteroatoms. The molecular weight excluding hydrogens is 238 g/mol. The number of guanidine groups is 1. The van der Waals surface area contributed by atoms with Gasteiger partial charge in [0.1, 0.15) is 5.75 Å². The van der Waals surface area contributed by atoms with E-state index in [0.29, 0.717) is 22.8 Å². The van der Waals surface area contributed by atoms with Gasteiger partial charge in [-0.3, -0.25) is 0 Å². The molecule has 3 N–H and O–H groups in total. The van der Waals surface area contributed by atoms with Gasteiger partial charge in [0.05, 0.1) is 18.2 Å². The first-order chi connectivity index (χ1) is 8.19. The summed E-state index contributed by atoms with van der Waals surface area (Å²) in [6, 6.07) is 5.80. The molecule has 2 rings (SSSR count). The summed E-state index contributed by atoms with van der Waals surface area (Å²) < 4.78 is 5.07. The van der Waals surface area contributed by atoms with Gasteiger partial charge in [-0.1, -0.05) is 11.6 Å². The molecule has 0 unspecified atom stereocenters. The third-order valence-electron chi connectivity index (χ3n) is 2.82. The van der Waals surface area contributed by atoms with Crippen molar-refractivity contribution in [3.05, 3.63) is 23.2 Å². The fourth-order valence-corrected chi connectivity index (χ4v) is 1.89. The van der Waals surface area contributed by atoms with Crippen LogP contribution in [0.2, 0.25) is 5.02 Å². The van der Waals surface area contributed by atoms with Crippen molar-refractivity contribution >= 4 is 23.2 Å². The summed E-state index contributed by atoms with van der Waals surface area (Å²) in [5, 5.41) is 3.57. The lowest BCUT2D eigenvalue weighted by atomic mass is 9.94. The van der Waals surface area contributed by atoms with Crippen molar-refractivity contribution < 1.29 is 4.74 Å². The minimum atomic E-state index is 0.385. The molecule has 0 aliphatic heterocycles. The second kappa shape index (κ2) is 5.27. The van der Waals surface area contributed by atoms with Crippen molar-refractivity contribution in [1.29, 1.82) is 0 Å². The van der Waals surface area contributed by atoms with E-state index in [9.17, 15) is 0 Å². The van der Waals surface area contributed by atoms with Crippen LogP contribution in [-0.4, -0.2) is 19.1 Å². The summed E-state index contributed by atoms with van der Waals surface area (Å²) in [4.78, 5) is 4.36. The summed E-state index contributed by atoms with van der Waals surface area (Å²) in [5.74, 6) is 1.09. The van der Waals surface area contributed by atoms with Crippen LogP contribution >= 0.6 is 11.6 Å². The summed E-state index contributed by atoms with van der Waals surface area (Å²) in [5.41, 5.74) is 6.62. The number of aliphatic imine (C=N–C) groups is 1. The van der Waals surface area contributed by atoms with Gasteiger partial charge in [0.2, 0.25) is 0 Å². The molecule has 1 aliphatic carbocycles. The normalized spacial score (nSPS) is 16.5. The molecule has 92 valence electrons. The van der Waals surface area contributed by atoms with Gasteiger partial charge in [-0.15, -0.1) is 0 Å². The Labute approximate surface area is 106 Å². The average Bonchev–Trinajstić information content (AvgIpc) is 2.24. The number of nitrogens with one attached hydrogen (secondary N) is 1. The number of nitrogens with two attached hydrogens (primary N) is 1. The van der Waals surface area contributed by atoms with Crippen LogP contribution in [0.15, 0.2) is 23.2 Å². The third kappa shape index (κ3) is 3.03. The van der Waals surface area contributed by atoms with E-state index in [1.54, 1.807) is 19.2 Å². The van der Waals surface area contributed by atoms with Crippen LogP contribution in [0, 0.1) is 0 Å². The van der Waals surface area contributed by atoms with Crippen molar-refractivity contribution in [2.24, 2.45) is 10.7 Å². The first-order valence-corrected chi connectivity index (χ1v) is 6.00. The Hall–Kier alpha value is -1.42. The molecule has 0 atom stereocenters. The molecule has 0 heterocycles. The molecule has 0 aromatic heterocycles. The Morgan fingerprint density at radius 1 is 1.53 bits per heavy atom. The maximum atomic E-state index is 6.01. The van der Waals surface area contributed by atoms with Crippen LogP contribution in [0.25, 0.3) is 0 Å². The Morgan fingerprint density at radius 3 is 2.82 bits per heavy atom. The molecule has 1 aromatic rings. The lowest BCUT2D eigenvalue weighted by Crippen LogP contribution is -2.27. The van der Waals surface area contributed by atoms with E-state index in [1.165, 1.54) is 6.42 Å². The van der Waals surface area contributed by atoms with Crippen LogP contribution < -0.4 is 15.8 Å². The molecule has 4 nitrogen and oxygen atoms in total. The number of benzene rings is 1. The molecule has 1 aromatic carbocycles. The van der Waals surface area contributed by atoms with Gasteiger partial charge in [0.15, 0.2) is 5.96 Å². The standard InChI is InChI=1S/C12H16ClN3O/c1-17-11-6-5-9(7-10(11)13)16-12(14)15-8-3-2-4-8/h5-8H,2-4H2,1H3,(H3,14,15,16). The Morgan fingerprint density at radius 2 is 2.29 bits per heavy atom. The van der Waals surface area contributed by atoms with Gasteiger partial charge >= 0.3 is 0 Å². The summed E-state index contributed by atoms with van der Waals surface area (Å²) >= 11 is 6.01. The van der Waals surface area contributed by atoms with Gasteiger partial charge in [-0.2, -0.15) is 0 Å². The van der Waals surface area contributed by atoms with Crippen LogP contribution in [0.4, 0.5) is 5.69 Å². The maximum absolute atomic E-state index is 6.01. The minimum absolute atomic E-state index is 0.385. The SMILES string of the molecule is COc1ccc(NC(N)=NC2CCC2)cc1Cl. The van der Waals surface area contributed by atoms with Gasteiger partial charge in [-0.05, 0) is 37.5 Å². The van der Waals surface area contributed by atoms with Gasteiger partial charge in [0, 0.05) is 5.69 Å². The second-order valence-electron chi connectivity index (χ2n) is 4.07. The van der Waals surface area contributed by atoms with Crippen molar-refractivity contribution in [3.63, 3.8) is 0 Å². The van der Waals surface area contributed by atoms with E-state index >= 15 is 0 Å². The van der Waals surface area contributed by atoms with Crippen molar-refractivity contribution in [2.45, 2.75) is 25.3 Å². The second-order valence-corrected chi connectivity index (χ2v) is 4.48. The summed E-state index contributed by atoms with van der Waals surface area (Å²) in [7, 11) is 1.58. The van der Waals surface area contributed by atoms with E-state index in [0.717, 1.165) is 18.5 Å². The highest BCUT2D eigenvalue weighted by Gasteiger charge is 2.16. The quantitative estimate of drug-likeness (QED) is 0.643. The Balaban J connectivity index is 2.02. The predicted octanol–water partition coefficient (Wildman–Crippen LogP) is 2.63. The molecule has 0 bridgehead atoms. The van der Waals surface area contributed by atoms with Crippen molar-refractivity contribution in [1.82, 2.24) is 0 Å². The molecule has 0 saturated heterocycles. The third-order valence-corrected chi connectivity index (χ3v) is 3.12. The number of rotatable bonds is 3. The fraction of sp³-hybridized carbons (Fsp3) is 0.417. The first kappa shape index (κ1) is 12.0. The topological polar surface area (TPSA) is 59.6 Å². The van der Waals surface area contributed by atoms with Gasteiger partial charge in [0.25, 0.3) is 0 Å². The molecule has 17 heavy (non-hydrogen) atoms. The first-order valence-electron chi connectivity index (χ1n) is 5.63. The van der Waals surface area contributed by atoms with Crippen LogP contribution in [-0.2, 0) is 0 Å². The molecule has 1 aliphatic rings. The van der Waals surface area contributed by atoms with Gasteiger partial charge < -0.3 is 15.8 Å². The highest BCUT2D eigenvalue weighted by atomic mass is 35.5. The number of hydrogen-bond acceptors (Lipinski definition) is 2. The zero-order chi connectivity index (χ0) is 12.3. The number of ether oxygens (including phenoxy) is 1. The molecule has 1 saturated carbocycles. The molecule has 0 amide bonds. The highest BCUT2D eigenvalue weighted by molar-refractivity contribution is 6.32. The highest BCUT2D eigenvalue weighted by Crippen LogP contribution is 2.27. The summed E-state index contributed by atoms with van der Waals surface area (Å²) in [6.07, 6.45) is 3.51. The lowest BCUT2D eigenvalue weighted by molar-refractivity contribution is 0.415. The van der Waals surface area contributed by atoms with E-state index in [-0.39, 0.29) is 0 Å². The monoisotopic (exact) mass is 253 g/mol. The van der Waals surface area contributed by atoms with Crippen LogP contribution in [0.5, 0.6) is 5.75 Å². The number of hydrogen-bond donors (Lipinski definition) is 2. The lowest BCUT2D eigenvalue weighted by Gasteiger charge is -2.21. The molecule has 0 radical (unpaired) electrons. The van der Waals surface area contributed by atoms with Gasteiger partial charge in [-0.25, -0.2) is 4.99 Å². The number of halogens is 1. The van der Waals surface area contributed by atoms with E-state index < -0.39 is 0 Å². The van der Waals surface area contributed by atoms with E-state index in [2.05, 4.69) is 10.3 Å². The number of nitrogens with zero attached hydrogens (tertiary/aromatic N) is 1. The Bertz CT molecular complexity index is 430. The fourth-order valence-electron chi connectivity index (χ4n) is 1.64. The molecule has 1 fully saturated rings. The van der Waals surface area contributed by atoms with Crippen molar-refractivity contribution in [2.75, 3.05) is 12.4 Å². The predicted molar refractivity (Wildman–Crippen MR) is 70.9 cm³/mol.